The number of carboxylic acid groups (broad SMARTS) is 1. The van der Waals surface area contributed by atoms with Crippen molar-refractivity contribution in [2.45, 2.75) is 37.9 Å². The summed E-state index contributed by atoms with van der Waals surface area (Å²) in [6, 6.07) is 1.11. The Morgan fingerprint density at radius 3 is 2.76 bits per heavy atom. The number of nitrogens with zero attached hydrogens (tertiary/aromatic N) is 3. The molecule has 8 nitrogen and oxygen atoms in total. The van der Waals surface area contributed by atoms with Gasteiger partial charge in [0.05, 0.1) is 11.6 Å². The molecule has 0 bridgehead atoms. The average molecular weight is 348 g/mol. The van der Waals surface area contributed by atoms with Gasteiger partial charge in [-0.25, -0.2) is 14.2 Å². The van der Waals surface area contributed by atoms with Gasteiger partial charge in [-0.15, -0.1) is 0 Å². The van der Waals surface area contributed by atoms with Crippen molar-refractivity contribution in [3.8, 4) is 5.75 Å². The molecule has 1 aliphatic carbocycles. The highest BCUT2D eigenvalue weighted by Gasteiger charge is 2.36. The summed E-state index contributed by atoms with van der Waals surface area (Å²) in [6.45, 7) is 2.38. The van der Waals surface area contributed by atoms with Crippen LogP contribution in [0.1, 0.15) is 25.8 Å². The van der Waals surface area contributed by atoms with Crippen LogP contribution in [0.5, 0.6) is 5.75 Å². The predicted octanol–water partition coefficient (Wildman–Crippen LogP) is 1.46. The minimum atomic E-state index is -1.59. The van der Waals surface area contributed by atoms with Gasteiger partial charge in [0, 0.05) is 24.7 Å². The minimum Gasteiger partial charge on any atom is -0.449 e. The number of hydrogen-bond acceptors (Lipinski definition) is 6. The van der Waals surface area contributed by atoms with Crippen LogP contribution in [0.4, 0.5) is 15.0 Å². The minimum absolute atomic E-state index is 0.00405. The molecule has 0 amide bonds. The molecule has 1 saturated heterocycles. The van der Waals surface area contributed by atoms with E-state index >= 15 is 0 Å². The molecule has 1 saturated carbocycles. The maximum Gasteiger partial charge on any atom is 0.511 e. The van der Waals surface area contributed by atoms with Crippen molar-refractivity contribution in [1.82, 2.24) is 9.55 Å². The normalized spacial score (nSPS) is 22.8. The Bertz CT molecular complexity index is 940. The van der Waals surface area contributed by atoms with Gasteiger partial charge >= 0.3 is 6.16 Å². The molecule has 3 heterocycles. The van der Waals surface area contributed by atoms with Crippen molar-refractivity contribution in [2.75, 3.05) is 11.4 Å². The molecule has 9 heteroatoms. The molecule has 132 valence electrons. The second-order valence-corrected chi connectivity index (χ2v) is 6.55. The molecule has 2 aromatic rings. The first kappa shape index (κ1) is 15.8. The third-order valence-corrected chi connectivity index (χ3v) is 4.84. The fourth-order valence-corrected chi connectivity index (χ4v) is 3.13. The van der Waals surface area contributed by atoms with E-state index in [0.717, 1.165) is 18.9 Å². The quantitative estimate of drug-likeness (QED) is 0.808. The predicted molar refractivity (Wildman–Crippen MR) is 87.7 cm³/mol. The third-order valence-electron chi connectivity index (χ3n) is 4.84. The summed E-state index contributed by atoms with van der Waals surface area (Å²) in [7, 11) is 0. The van der Waals surface area contributed by atoms with Gasteiger partial charge in [-0.05, 0) is 25.8 Å². The van der Waals surface area contributed by atoms with Crippen LogP contribution in [0.3, 0.4) is 0 Å². The van der Waals surface area contributed by atoms with E-state index in [9.17, 15) is 14.0 Å². The lowest BCUT2D eigenvalue weighted by atomic mass is 9.99. The maximum atomic E-state index is 14.6. The monoisotopic (exact) mass is 348 g/mol. The van der Waals surface area contributed by atoms with Crippen LogP contribution in [0.2, 0.25) is 0 Å². The highest BCUT2D eigenvalue weighted by atomic mass is 19.1. The SMILES string of the molecule is C[C@H]1[C@H](N)CN1c1nc2c(cc1F)c(=O)c(OC(=O)O)cn2C1CC1. The van der Waals surface area contributed by atoms with Crippen LogP contribution in [-0.2, 0) is 0 Å². The van der Waals surface area contributed by atoms with Crippen molar-refractivity contribution in [3.05, 3.63) is 28.3 Å². The van der Waals surface area contributed by atoms with E-state index in [1.807, 2.05) is 6.92 Å². The van der Waals surface area contributed by atoms with Gasteiger partial charge in [0.2, 0.25) is 5.43 Å². The second kappa shape index (κ2) is 5.41. The van der Waals surface area contributed by atoms with Crippen LogP contribution in [0, 0.1) is 5.82 Å². The second-order valence-electron chi connectivity index (χ2n) is 6.55. The number of anilines is 1. The first-order valence-corrected chi connectivity index (χ1v) is 8.05. The Morgan fingerprint density at radius 1 is 1.48 bits per heavy atom. The topological polar surface area (TPSA) is 111 Å². The van der Waals surface area contributed by atoms with E-state index in [1.165, 1.54) is 6.20 Å². The van der Waals surface area contributed by atoms with E-state index in [1.54, 1.807) is 9.47 Å². The molecular weight excluding hydrogens is 331 g/mol. The zero-order valence-corrected chi connectivity index (χ0v) is 13.5. The summed E-state index contributed by atoms with van der Waals surface area (Å²) in [4.78, 5) is 29.4. The molecule has 0 aromatic carbocycles. The number of aromatic nitrogens is 2. The van der Waals surface area contributed by atoms with E-state index in [2.05, 4.69) is 9.72 Å². The van der Waals surface area contributed by atoms with Crippen LogP contribution >= 0.6 is 0 Å². The first-order chi connectivity index (χ1) is 11.9. The number of pyridine rings is 2. The molecule has 25 heavy (non-hydrogen) atoms. The van der Waals surface area contributed by atoms with Crippen molar-refractivity contribution in [1.29, 1.82) is 0 Å². The van der Waals surface area contributed by atoms with Crippen LogP contribution in [-0.4, -0.2) is 39.4 Å². The molecule has 0 spiro atoms. The Hall–Kier alpha value is -2.68. The summed E-state index contributed by atoms with van der Waals surface area (Å²) < 4.78 is 20.8. The largest absolute Gasteiger partial charge is 0.511 e. The van der Waals surface area contributed by atoms with Gasteiger partial charge < -0.3 is 25.0 Å². The van der Waals surface area contributed by atoms with Crippen LogP contribution in [0.15, 0.2) is 17.1 Å². The Balaban J connectivity index is 1.91. The fourth-order valence-electron chi connectivity index (χ4n) is 3.13. The van der Waals surface area contributed by atoms with Gasteiger partial charge in [-0.3, -0.25) is 4.79 Å². The summed E-state index contributed by atoms with van der Waals surface area (Å²) in [5.41, 5.74) is 5.51. The number of carbonyl (C=O) groups is 1. The molecule has 0 radical (unpaired) electrons. The average Bonchev–Trinajstić information content (AvgIpc) is 3.39. The summed E-state index contributed by atoms with van der Waals surface area (Å²) >= 11 is 0. The van der Waals surface area contributed by atoms with E-state index in [4.69, 9.17) is 10.8 Å². The van der Waals surface area contributed by atoms with Crippen molar-refractivity contribution in [3.63, 3.8) is 0 Å². The lowest BCUT2D eigenvalue weighted by Gasteiger charge is -2.45. The van der Waals surface area contributed by atoms with Crippen LogP contribution in [0.25, 0.3) is 11.0 Å². The number of hydrogen-bond donors (Lipinski definition) is 2. The van der Waals surface area contributed by atoms with Gasteiger partial charge in [-0.1, -0.05) is 0 Å². The maximum absolute atomic E-state index is 14.6. The zero-order valence-electron chi connectivity index (χ0n) is 13.5. The zero-order chi connectivity index (χ0) is 17.9. The Kier molecular flexibility index (Phi) is 3.43. The lowest BCUT2D eigenvalue weighted by Crippen LogP contribution is -2.63. The number of halogens is 1. The van der Waals surface area contributed by atoms with E-state index in [-0.39, 0.29) is 35.1 Å². The highest BCUT2D eigenvalue weighted by molar-refractivity contribution is 5.80. The Labute approximate surface area is 141 Å². The van der Waals surface area contributed by atoms with E-state index in [0.29, 0.717) is 12.2 Å². The molecule has 1 aliphatic heterocycles. The van der Waals surface area contributed by atoms with Crippen molar-refractivity contribution in [2.24, 2.45) is 5.73 Å². The fraction of sp³-hybridized carbons (Fsp3) is 0.438. The number of fused-ring (bicyclic) bond motifs is 1. The molecule has 2 fully saturated rings. The van der Waals surface area contributed by atoms with Crippen molar-refractivity contribution < 1.29 is 19.0 Å². The third kappa shape index (κ3) is 2.51. The lowest BCUT2D eigenvalue weighted by molar-refractivity contribution is 0.143. The Morgan fingerprint density at radius 2 is 2.20 bits per heavy atom. The number of ether oxygens (including phenoxy) is 1. The molecule has 3 N–H and O–H groups in total. The summed E-state index contributed by atoms with van der Waals surface area (Å²) in [5.74, 6) is -0.833. The summed E-state index contributed by atoms with van der Waals surface area (Å²) in [6.07, 6.45) is 1.51. The van der Waals surface area contributed by atoms with E-state index < -0.39 is 17.4 Å². The highest BCUT2D eigenvalue weighted by Crippen LogP contribution is 2.38. The smallest absolute Gasteiger partial charge is 0.449 e. The van der Waals surface area contributed by atoms with Gasteiger partial charge in [0.25, 0.3) is 0 Å². The molecule has 0 unspecified atom stereocenters. The molecular formula is C16H17FN4O4. The number of nitrogens with two attached hydrogens (primary N) is 1. The van der Waals surface area contributed by atoms with Gasteiger partial charge in [0.1, 0.15) is 5.65 Å². The van der Waals surface area contributed by atoms with Crippen molar-refractivity contribution >= 4 is 23.0 Å². The molecule has 4 rings (SSSR count). The van der Waals surface area contributed by atoms with Crippen LogP contribution < -0.4 is 20.8 Å². The van der Waals surface area contributed by atoms with Gasteiger partial charge in [0.15, 0.2) is 17.4 Å². The van der Waals surface area contributed by atoms with Gasteiger partial charge in [-0.2, -0.15) is 0 Å². The number of rotatable bonds is 3. The molecule has 2 aliphatic rings. The molecule has 2 aromatic heterocycles. The first-order valence-electron chi connectivity index (χ1n) is 8.05. The standard InChI is InChI=1S/C16H17FN4O4/c1-7-11(18)5-20(7)15-10(17)4-9-13(22)12(25-16(23)24)6-21(8-2-3-8)14(9)19-15/h4,6-8,11H,2-3,5,18H2,1H3,(H,23,24)/t7-,11+/m0/s1. The summed E-state index contributed by atoms with van der Waals surface area (Å²) in [5, 5.41) is 8.80. The molecule has 2 atom stereocenters.